The van der Waals surface area contributed by atoms with Crippen LogP contribution < -0.4 is 5.32 Å². The van der Waals surface area contributed by atoms with Crippen LogP contribution in [-0.2, 0) is 14.9 Å². The molecular weight excluding hydrogens is 256 g/mol. The molecule has 0 aliphatic carbocycles. The number of hydrogen-bond acceptors (Lipinski definition) is 4. The summed E-state index contributed by atoms with van der Waals surface area (Å²) in [5.74, 6) is -0.237. The Hall–Kier alpha value is -1.44. The average molecular weight is 270 g/mol. The molecule has 1 aliphatic heterocycles. The number of hydrogen-bond donors (Lipinski definition) is 1. The van der Waals surface area contributed by atoms with E-state index >= 15 is 0 Å². The van der Waals surface area contributed by atoms with Gasteiger partial charge in [0.1, 0.15) is 0 Å². The zero-order valence-electron chi connectivity index (χ0n) is 9.87. The Kier molecular flexibility index (Phi) is 3.65. The highest BCUT2D eigenvalue weighted by molar-refractivity contribution is 7.88. The predicted octanol–water partition coefficient (Wildman–Crippen LogP) is -0.00820. The summed E-state index contributed by atoms with van der Waals surface area (Å²) in [5.41, 5.74) is 0.537. The lowest BCUT2D eigenvalue weighted by Gasteiger charge is -2.11. The molecule has 18 heavy (non-hydrogen) atoms. The Balaban J connectivity index is 1.95. The van der Waals surface area contributed by atoms with Crippen molar-refractivity contribution in [3.63, 3.8) is 0 Å². The van der Waals surface area contributed by atoms with Crippen molar-refractivity contribution in [1.29, 1.82) is 0 Å². The standard InChI is InChI=1S/C11H14N2O4S/c1-18(15,16)13-7-10(8-17-13)12-11(14)9-5-3-2-4-6-9/h2-6,10H,7-8H2,1H3,(H,12,14)/t10-/m1/s1. The van der Waals surface area contributed by atoms with Gasteiger partial charge in [0, 0.05) is 5.56 Å². The molecule has 0 radical (unpaired) electrons. The minimum Gasteiger partial charge on any atom is -0.345 e. The van der Waals surface area contributed by atoms with Gasteiger partial charge in [0.05, 0.1) is 25.4 Å². The molecular formula is C11H14N2O4S. The Bertz CT molecular complexity index is 529. The monoisotopic (exact) mass is 270 g/mol. The first-order valence-electron chi connectivity index (χ1n) is 5.43. The van der Waals surface area contributed by atoms with Crippen LogP contribution in [-0.4, -0.2) is 44.2 Å². The van der Waals surface area contributed by atoms with Gasteiger partial charge in [-0.25, -0.2) is 8.42 Å². The molecule has 1 aliphatic rings. The first kappa shape index (κ1) is 13.0. The molecule has 0 spiro atoms. The molecule has 1 aromatic carbocycles. The summed E-state index contributed by atoms with van der Waals surface area (Å²) in [4.78, 5) is 16.8. The van der Waals surface area contributed by atoms with Gasteiger partial charge in [0.2, 0.25) is 10.0 Å². The van der Waals surface area contributed by atoms with E-state index in [0.717, 1.165) is 10.7 Å². The fraction of sp³-hybridized carbons (Fsp3) is 0.364. The van der Waals surface area contributed by atoms with Gasteiger partial charge in [-0.2, -0.15) is 0 Å². The highest BCUT2D eigenvalue weighted by Gasteiger charge is 2.31. The van der Waals surface area contributed by atoms with E-state index in [1.807, 2.05) is 6.07 Å². The van der Waals surface area contributed by atoms with Crippen LogP contribution in [0.4, 0.5) is 0 Å². The minimum atomic E-state index is -3.38. The Morgan fingerprint density at radius 3 is 2.61 bits per heavy atom. The summed E-state index contributed by atoms with van der Waals surface area (Å²) >= 11 is 0. The summed E-state index contributed by atoms with van der Waals surface area (Å²) in [7, 11) is -3.38. The van der Waals surface area contributed by atoms with Crippen molar-refractivity contribution in [1.82, 2.24) is 9.79 Å². The van der Waals surface area contributed by atoms with E-state index < -0.39 is 10.0 Å². The van der Waals surface area contributed by atoms with Gasteiger partial charge < -0.3 is 5.32 Å². The summed E-state index contributed by atoms with van der Waals surface area (Å²) in [6.45, 7) is 0.295. The van der Waals surface area contributed by atoms with Gasteiger partial charge in [-0.15, -0.1) is 0 Å². The molecule has 1 amide bonds. The molecule has 0 unspecified atom stereocenters. The molecule has 7 heteroatoms. The number of sulfonamides is 1. The number of nitrogens with one attached hydrogen (secondary N) is 1. The topological polar surface area (TPSA) is 75.7 Å². The predicted molar refractivity (Wildman–Crippen MR) is 65.2 cm³/mol. The zero-order valence-corrected chi connectivity index (χ0v) is 10.7. The first-order chi connectivity index (χ1) is 8.47. The number of carbonyl (C=O) groups is 1. The first-order valence-corrected chi connectivity index (χ1v) is 7.28. The fourth-order valence-corrected chi connectivity index (χ4v) is 2.34. The van der Waals surface area contributed by atoms with E-state index in [1.165, 1.54) is 0 Å². The van der Waals surface area contributed by atoms with Crippen LogP contribution in [0.15, 0.2) is 30.3 Å². The molecule has 0 bridgehead atoms. The molecule has 1 aromatic rings. The number of nitrogens with zero attached hydrogens (tertiary/aromatic N) is 1. The van der Waals surface area contributed by atoms with E-state index in [0.29, 0.717) is 5.56 Å². The van der Waals surface area contributed by atoms with Crippen LogP contribution in [0.1, 0.15) is 10.4 Å². The van der Waals surface area contributed by atoms with E-state index in [1.54, 1.807) is 24.3 Å². The van der Waals surface area contributed by atoms with Crippen molar-refractivity contribution in [2.24, 2.45) is 0 Å². The van der Waals surface area contributed by atoms with Gasteiger partial charge in [0.15, 0.2) is 0 Å². The molecule has 6 nitrogen and oxygen atoms in total. The maximum atomic E-state index is 11.8. The second-order valence-electron chi connectivity index (χ2n) is 4.08. The highest BCUT2D eigenvalue weighted by Crippen LogP contribution is 2.10. The SMILES string of the molecule is CS(=O)(=O)N1C[C@@H](NC(=O)c2ccccc2)CO1. The third-order valence-electron chi connectivity index (χ3n) is 2.53. The largest absolute Gasteiger partial charge is 0.345 e. The third kappa shape index (κ3) is 3.06. The maximum Gasteiger partial charge on any atom is 0.251 e. The highest BCUT2D eigenvalue weighted by atomic mass is 32.2. The summed E-state index contributed by atoms with van der Waals surface area (Å²) in [6.07, 6.45) is 1.06. The number of carbonyl (C=O) groups excluding carboxylic acids is 1. The van der Waals surface area contributed by atoms with Crippen LogP contribution in [0.5, 0.6) is 0 Å². The molecule has 1 heterocycles. The lowest BCUT2D eigenvalue weighted by Crippen LogP contribution is -2.39. The van der Waals surface area contributed by atoms with E-state index in [2.05, 4.69) is 5.32 Å². The van der Waals surface area contributed by atoms with E-state index in [-0.39, 0.29) is 25.1 Å². The lowest BCUT2D eigenvalue weighted by atomic mass is 10.2. The Morgan fingerprint density at radius 2 is 2.06 bits per heavy atom. The smallest absolute Gasteiger partial charge is 0.251 e. The molecule has 2 rings (SSSR count). The second-order valence-corrected chi connectivity index (χ2v) is 5.95. The van der Waals surface area contributed by atoms with Crippen LogP contribution in [0.2, 0.25) is 0 Å². The number of benzene rings is 1. The summed E-state index contributed by atoms with van der Waals surface area (Å²) < 4.78 is 23.3. The van der Waals surface area contributed by atoms with Gasteiger partial charge in [-0.05, 0) is 12.1 Å². The summed E-state index contributed by atoms with van der Waals surface area (Å²) in [6, 6.07) is 8.42. The lowest BCUT2D eigenvalue weighted by molar-refractivity contribution is -0.0283. The minimum absolute atomic E-state index is 0.136. The van der Waals surface area contributed by atoms with Crippen molar-refractivity contribution in [2.75, 3.05) is 19.4 Å². The van der Waals surface area contributed by atoms with Gasteiger partial charge in [0.25, 0.3) is 5.91 Å². The molecule has 0 saturated carbocycles. The Labute approximate surface area is 106 Å². The van der Waals surface area contributed by atoms with Crippen molar-refractivity contribution in [3.8, 4) is 0 Å². The number of hydroxylamine groups is 1. The van der Waals surface area contributed by atoms with Crippen molar-refractivity contribution in [2.45, 2.75) is 6.04 Å². The normalized spacial score (nSPS) is 20.8. The van der Waals surface area contributed by atoms with Crippen LogP contribution in [0, 0.1) is 0 Å². The fourth-order valence-electron chi connectivity index (χ4n) is 1.64. The van der Waals surface area contributed by atoms with E-state index in [9.17, 15) is 13.2 Å². The zero-order chi connectivity index (χ0) is 13.2. The van der Waals surface area contributed by atoms with Crippen molar-refractivity contribution < 1.29 is 18.0 Å². The Morgan fingerprint density at radius 1 is 1.39 bits per heavy atom. The van der Waals surface area contributed by atoms with Crippen molar-refractivity contribution >= 4 is 15.9 Å². The molecule has 1 N–H and O–H groups in total. The molecule has 1 fully saturated rings. The quantitative estimate of drug-likeness (QED) is 0.838. The number of amides is 1. The third-order valence-corrected chi connectivity index (χ3v) is 3.52. The van der Waals surface area contributed by atoms with Crippen molar-refractivity contribution in [3.05, 3.63) is 35.9 Å². The maximum absolute atomic E-state index is 11.8. The number of rotatable bonds is 3. The van der Waals surface area contributed by atoms with Gasteiger partial charge in [-0.3, -0.25) is 9.63 Å². The molecule has 1 saturated heterocycles. The van der Waals surface area contributed by atoms with Crippen LogP contribution in [0.25, 0.3) is 0 Å². The molecule has 98 valence electrons. The summed E-state index contributed by atoms with van der Waals surface area (Å²) in [5, 5.41) is 2.73. The van der Waals surface area contributed by atoms with Gasteiger partial charge >= 0.3 is 0 Å². The molecule has 0 aromatic heterocycles. The average Bonchev–Trinajstić information content (AvgIpc) is 2.78. The second kappa shape index (κ2) is 5.05. The molecule has 1 atom stereocenters. The van der Waals surface area contributed by atoms with Crippen LogP contribution in [0.3, 0.4) is 0 Å². The van der Waals surface area contributed by atoms with Crippen LogP contribution >= 0.6 is 0 Å². The van der Waals surface area contributed by atoms with Gasteiger partial charge in [-0.1, -0.05) is 22.7 Å². The van der Waals surface area contributed by atoms with E-state index in [4.69, 9.17) is 4.84 Å².